The molecule has 0 aromatic heterocycles. The van der Waals surface area contributed by atoms with Crippen molar-refractivity contribution < 1.29 is 13.6 Å². The van der Waals surface area contributed by atoms with Gasteiger partial charge >= 0.3 is 0 Å². The van der Waals surface area contributed by atoms with Crippen molar-refractivity contribution >= 4 is 21.8 Å². The second-order valence-corrected chi connectivity index (χ2v) is 5.87. The van der Waals surface area contributed by atoms with Gasteiger partial charge < -0.3 is 5.32 Å². The van der Waals surface area contributed by atoms with Crippen molar-refractivity contribution in [1.82, 2.24) is 5.32 Å². The van der Waals surface area contributed by atoms with Crippen LogP contribution < -0.4 is 5.32 Å². The number of carbonyl (C=O) groups excluding carboxylic acids is 1. The molecule has 2 aromatic rings. The van der Waals surface area contributed by atoms with Crippen LogP contribution in [0.5, 0.6) is 0 Å². The molecule has 1 unspecified atom stereocenters. The van der Waals surface area contributed by atoms with Crippen LogP contribution in [0.1, 0.15) is 31.9 Å². The number of hydrogen-bond acceptors (Lipinski definition) is 1. The van der Waals surface area contributed by atoms with E-state index in [1.807, 2.05) is 12.1 Å². The summed E-state index contributed by atoms with van der Waals surface area (Å²) in [6.45, 7) is 0.645. The van der Waals surface area contributed by atoms with Crippen LogP contribution in [0.3, 0.4) is 0 Å². The Balaban J connectivity index is 1.98. The van der Waals surface area contributed by atoms with E-state index < -0.39 is 11.6 Å². The Morgan fingerprint density at radius 2 is 1.76 bits per heavy atom. The number of amides is 1. The summed E-state index contributed by atoms with van der Waals surface area (Å²) in [6, 6.07) is 9.40. The van der Waals surface area contributed by atoms with E-state index in [9.17, 15) is 13.6 Å². The molecule has 21 heavy (non-hydrogen) atoms. The zero-order valence-electron chi connectivity index (χ0n) is 11.0. The van der Waals surface area contributed by atoms with Crippen LogP contribution >= 0.6 is 15.9 Å². The molecule has 1 aliphatic rings. The number of fused-ring (bicyclic) bond motifs is 1. The Labute approximate surface area is 129 Å². The van der Waals surface area contributed by atoms with Gasteiger partial charge in [0, 0.05) is 12.1 Å². The van der Waals surface area contributed by atoms with Crippen molar-refractivity contribution in [2.75, 3.05) is 6.54 Å². The SMILES string of the molecule is O=C1NCCc2ccc(C(Br)c3ccc(F)c(F)c3)cc21. The summed E-state index contributed by atoms with van der Waals surface area (Å²) in [6.07, 6.45) is 0.805. The Bertz CT molecular complexity index is 717. The summed E-state index contributed by atoms with van der Waals surface area (Å²) in [5, 5.41) is 2.80. The van der Waals surface area contributed by atoms with E-state index in [2.05, 4.69) is 21.2 Å². The molecule has 1 amide bonds. The highest BCUT2D eigenvalue weighted by atomic mass is 79.9. The Hall–Kier alpha value is -1.75. The topological polar surface area (TPSA) is 29.1 Å². The standard InChI is InChI=1S/C16H12BrF2NO/c17-15(11-3-4-13(18)14(19)8-11)10-2-1-9-5-6-20-16(21)12(9)7-10/h1-4,7-8,15H,5-6H2,(H,20,21). The van der Waals surface area contributed by atoms with Crippen molar-refractivity contribution in [3.05, 3.63) is 70.3 Å². The zero-order valence-corrected chi connectivity index (χ0v) is 12.6. The van der Waals surface area contributed by atoms with Crippen LogP contribution in [0.4, 0.5) is 8.78 Å². The molecule has 108 valence electrons. The van der Waals surface area contributed by atoms with E-state index in [1.165, 1.54) is 6.07 Å². The van der Waals surface area contributed by atoms with Crippen molar-refractivity contribution in [2.24, 2.45) is 0 Å². The second-order valence-electron chi connectivity index (χ2n) is 4.96. The number of alkyl halides is 1. The summed E-state index contributed by atoms with van der Waals surface area (Å²) in [7, 11) is 0. The minimum Gasteiger partial charge on any atom is -0.352 e. The molecule has 0 fully saturated rings. The summed E-state index contributed by atoms with van der Waals surface area (Å²) in [5.41, 5.74) is 3.08. The van der Waals surface area contributed by atoms with Gasteiger partial charge in [0.25, 0.3) is 5.91 Å². The number of nitrogens with one attached hydrogen (secondary N) is 1. The molecule has 0 radical (unpaired) electrons. The number of hydrogen-bond donors (Lipinski definition) is 1. The average molecular weight is 352 g/mol. The molecule has 3 rings (SSSR count). The minimum atomic E-state index is -0.882. The Morgan fingerprint density at radius 1 is 1.05 bits per heavy atom. The number of rotatable bonds is 2. The highest BCUT2D eigenvalue weighted by Crippen LogP contribution is 2.33. The fourth-order valence-corrected chi connectivity index (χ4v) is 3.02. The van der Waals surface area contributed by atoms with E-state index in [1.54, 1.807) is 6.07 Å². The summed E-state index contributed by atoms with van der Waals surface area (Å²) >= 11 is 3.48. The quantitative estimate of drug-likeness (QED) is 0.820. The third-order valence-electron chi connectivity index (χ3n) is 3.59. The van der Waals surface area contributed by atoms with E-state index in [0.29, 0.717) is 17.7 Å². The van der Waals surface area contributed by atoms with Gasteiger partial charge in [-0.2, -0.15) is 0 Å². The maximum atomic E-state index is 13.3. The van der Waals surface area contributed by atoms with Gasteiger partial charge in [-0.25, -0.2) is 8.78 Å². The van der Waals surface area contributed by atoms with Crippen LogP contribution in [0.25, 0.3) is 0 Å². The molecule has 1 atom stereocenters. The average Bonchev–Trinajstić information content (AvgIpc) is 2.49. The van der Waals surface area contributed by atoms with Gasteiger partial charge in [0.15, 0.2) is 11.6 Å². The Kier molecular flexibility index (Phi) is 3.76. The van der Waals surface area contributed by atoms with E-state index in [-0.39, 0.29) is 10.7 Å². The lowest BCUT2D eigenvalue weighted by molar-refractivity contribution is 0.0946. The van der Waals surface area contributed by atoms with Crippen LogP contribution in [0, 0.1) is 11.6 Å². The molecule has 5 heteroatoms. The molecule has 0 saturated carbocycles. The lowest BCUT2D eigenvalue weighted by atomic mass is 9.95. The third-order valence-corrected chi connectivity index (χ3v) is 4.64. The van der Waals surface area contributed by atoms with Crippen LogP contribution in [0.15, 0.2) is 36.4 Å². The third kappa shape index (κ3) is 2.70. The van der Waals surface area contributed by atoms with Gasteiger partial charge in [-0.3, -0.25) is 4.79 Å². The highest BCUT2D eigenvalue weighted by Gasteiger charge is 2.20. The first-order valence-corrected chi connectivity index (χ1v) is 7.48. The second kappa shape index (κ2) is 5.56. The highest BCUT2D eigenvalue weighted by molar-refractivity contribution is 9.09. The van der Waals surface area contributed by atoms with Gasteiger partial charge in [-0.15, -0.1) is 0 Å². The van der Waals surface area contributed by atoms with Crippen molar-refractivity contribution in [1.29, 1.82) is 0 Å². The zero-order chi connectivity index (χ0) is 15.0. The fraction of sp³-hybridized carbons (Fsp3) is 0.188. The molecular formula is C16H12BrF2NO. The van der Waals surface area contributed by atoms with Gasteiger partial charge in [0.2, 0.25) is 0 Å². The van der Waals surface area contributed by atoms with Crippen molar-refractivity contribution in [3.63, 3.8) is 0 Å². The van der Waals surface area contributed by atoms with Crippen LogP contribution in [-0.2, 0) is 6.42 Å². The first-order chi connectivity index (χ1) is 10.1. The molecule has 1 heterocycles. The summed E-state index contributed by atoms with van der Waals surface area (Å²) in [5.74, 6) is -1.85. The van der Waals surface area contributed by atoms with E-state index in [4.69, 9.17) is 0 Å². The first-order valence-electron chi connectivity index (χ1n) is 6.56. The lowest BCUT2D eigenvalue weighted by Crippen LogP contribution is -2.31. The predicted octanol–water partition coefficient (Wildman–Crippen LogP) is 3.74. The molecule has 0 aliphatic carbocycles. The van der Waals surface area contributed by atoms with Crippen LogP contribution in [-0.4, -0.2) is 12.5 Å². The normalized spacial score (nSPS) is 15.3. The minimum absolute atomic E-state index is 0.0944. The smallest absolute Gasteiger partial charge is 0.251 e. The van der Waals surface area contributed by atoms with E-state index in [0.717, 1.165) is 29.7 Å². The molecule has 0 saturated heterocycles. The summed E-state index contributed by atoms with van der Waals surface area (Å²) in [4.78, 5) is 11.6. The predicted molar refractivity (Wildman–Crippen MR) is 79.6 cm³/mol. The lowest BCUT2D eigenvalue weighted by Gasteiger charge is -2.19. The largest absolute Gasteiger partial charge is 0.352 e. The molecule has 0 bridgehead atoms. The molecule has 2 nitrogen and oxygen atoms in total. The molecule has 1 aliphatic heterocycles. The van der Waals surface area contributed by atoms with Gasteiger partial charge in [0.05, 0.1) is 4.83 Å². The molecule has 2 aromatic carbocycles. The fourth-order valence-electron chi connectivity index (χ4n) is 2.45. The Morgan fingerprint density at radius 3 is 2.52 bits per heavy atom. The van der Waals surface area contributed by atoms with Gasteiger partial charge in [-0.1, -0.05) is 34.1 Å². The van der Waals surface area contributed by atoms with E-state index >= 15 is 0 Å². The molecule has 0 spiro atoms. The first kappa shape index (κ1) is 14.2. The maximum Gasteiger partial charge on any atom is 0.251 e. The van der Waals surface area contributed by atoms with Crippen molar-refractivity contribution in [2.45, 2.75) is 11.2 Å². The van der Waals surface area contributed by atoms with Crippen molar-refractivity contribution in [3.8, 4) is 0 Å². The molecular weight excluding hydrogens is 340 g/mol. The maximum absolute atomic E-state index is 13.3. The van der Waals surface area contributed by atoms with Crippen LogP contribution in [0.2, 0.25) is 0 Å². The van der Waals surface area contributed by atoms with Gasteiger partial charge in [0.1, 0.15) is 0 Å². The number of halogens is 3. The summed E-state index contributed by atoms with van der Waals surface area (Å²) < 4.78 is 26.3. The monoisotopic (exact) mass is 351 g/mol. The number of benzene rings is 2. The molecule has 1 N–H and O–H groups in total. The number of carbonyl (C=O) groups is 1. The van der Waals surface area contributed by atoms with Gasteiger partial charge in [-0.05, 0) is 41.3 Å².